The molecule has 37 heteroatoms. The lowest BCUT2D eigenvalue weighted by Crippen LogP contribution is -2.40. The second kappa shape index (κ2) is 41.5. The number of primary amides is 4. The van der Waals surface area contributed by atoms with Gasteiger partial charge in [-0.05, 0) is 136 Å². The Hall–Kier alpha value is -12.4. The molecule has 640 valence electrons. The number of rotatable bonds is 27. The van der Waals surface area contributed by atoms with E-state index in [-0.39, 0.29) is 58.9 Å². The van der Waals surface area contributed by atoms with Crippen molar-refractivity contribution in [2.45, 2.75) is 95.9 Å². The number of halogens is 3. The fourth-order valence-electron chi connectivity index (χ4n) is 14.4. The Bertz CT molecular complexity index is 5460. The first-order chi connectivity index (χ1) is 57.8. The number of benzene rings is 4. The first-order valence-electron chi connectivity index (χ1n) is 38.9. The molecule has 4 aliphatic heterocycles. The van der Waals surface area contributed by atoms with Gasteiger partial charge in [0.15, 0.2) is 11.5 Å². The van der Waals surface area contributed by atoms with Crippen molar-refractivity contribution < 1.29 is 65.7 Å². The van der Waals surface area contributed by atoms with E-state index in [0.717, 1.165) is 69.7 Å². The predicted octanol–water partition coefficient (Wildman–Crippen LogP) is 11.0. The van der Waals surface area contributed by atoms with Gasteiger partial charge < -0.3 is 61.5 Å². The largest absolute Gasteiger partial charge is 0.493 e. The van der Waals surface area contributed by atoms with Crippen LogP contribution in [0.2, 0.25) is 15.1 Å². The molecular weight excluding hydrogens is 1640 g/mol. The van der Waals surface area contributed by atoms with Crippen molar-refractivity contribution in [3.8, 4) is 68.0 Å². The van der Waals surface area contributed by atoms with E-state index in [9.17, 15) is 46.8 Å². The third kappa shape index (κ3) is 23.6. The predicted molar refractivity (Wildman–Crippen MR) is 459 cm³/mol. The minimum absolute atomic E-state index is 0.000193. The Morgan fingerprint density at radius 1 is 0.496 bits per heavy atom. The maximum absolute atomic E-state index is 12.2. The van der Waals surface area contributed by atoms with Crippen molar-refractivity contribution >= 4 is 97.8 Å². The number of carbonyl (C=O) groups excluding carboxylic acids is 8. The molecule has 9 N–H and O–H groups in total. The van der Waals surface area contributed by atoms with Crippen LogP contribution < -0.4 is 41.9 Å². The van der Waals surface area contributed by atoms with Crippen molar-refractivity contribution in [2.75, 3.05) is 90.8 Å². The quantitative estimate of drug-likeness (QED) is 0.0236. The normalized spacial score (nSPS) is 16.5. The Balaban J connectivity index is 0.000000170. The van der Waals surface area contributed by atoms with Crippen molar-refractivity contribution in [3.63, 3.8) is 0 Å². The number of likely N-dealkylation sites (tertiary alicyclic amines) is 4. The average Bonchev–Trinajstić information content (AvgIpc) is 1.65. The van der Waals surface area contributed by atoms with Gasteiger partial charge >= 0.3 is 0 Å². The molecule has 0 saturated carbocycles. The van der Waals surface area contributed by atoms with Crippen LogP contribution in [0.1, 0.15) is 131 Å². The van der Waals surface area contributed by atoms with Crippen LogP contribution in [0.25, 0.3) is 45.0 Å². The third-order valence-corrected chi connectivity index (χ3v) is 21.9. The second-order valence-electron chi connectivity index (χ2n) is 29.4. The second-order valence-corrected chi connectivity index (χ2v) is 32.4. The highest BCUT2D eigenvalue weighted by molar-refractivity contribution is 7.92. The zero-order valence-corrected chi connectivity index (χ0v) is 70.8. The zero-order valence-electron chi connectivity index (χ0n) is 67.8. The van der Waals surface area contributed by atoms with Gasteiger partial charge in [0.05, 0.1) is 87.7 Å². The summed E-state index contributed by atoms with van der Waals surface area (Å²) in [5, 5.41) is 24.1. The number of piperidine rings is 4. The number of nitrogens with zero attached hydrogens (tertiary/aromatic N) is 14. The SMILES string of the molecule is C=CC(=O)N1CCC[C@@H](n2cc(C(N)=O)c(-c3ccc(Cl)c(OCCOC)c3)n2)C1.C=CC(=O)N1CCC[C@@H](n2cc(C(N)=O)c(-c3ccc(Oc4ccc(Cl)c(Cl)c4)c(OC)c3)n2)C1.C=CC(=O)N1CCC[C@@H](n2cc(C(N)=O)c(-c3cccc(NS(C)(=O)=O)c3)n2)C1.C=CC(=O)N1CCC[C@@H](n2cc(C(N)=O)c(-c3cnn(CC(C)C)c3)n2)C1. The lowest BCUT2D eigenvalue weighted by molar-refractivity contribution is -0.128. The van der Waals surface area contributed by atoms with E-state index in [1.165, 1.54) is 31.4 Å². The molecule has 4 aromatic carbocycles. The van der Waals surface area contributed by atoms with E-state index in [0.29, 0.717) is 166 Å². The number of anilines is 1. The molecule has 0 bridgehead atoms. The third-order valence-electron chi connectivity index (χ3n) is 20.2. The molecule has 4 atom stereocenters. The number of amides is 8. The molecule has 121 heavy (non-hydrogen) atoms. The first-order valence-corrected chi connectivity index (χ1v) is 41.9. The van der Waals surface area contributed by atoms with Crippen molar-refractivity contribution in [2.24, 2.45) is 28.9 Å². The van der Waals surface area contributed by atoms with Crippen molar-refractivity contribution in [1.29, 1.82) is 0 Å². The monoisotopic (exact) mass is 1730 g/mol. The summed E-state index contributed by atoms with van der Waals surface area (Å²) in [6.45, 7) is 24.6. The molecular formula is C84H98Cl3N19O14S. The van der Waals surface area contributed by atoms with Crippen LogP contribution >= 0.6 is 34.8 Å². The van der Waals surface area contributed by atoms with Gasteiger partial charge in [-0.2, -0.15) is 25.5 Å². The maximum atomic E-state index is 12.2. The molecule has 13 rings (SSSR count). The molecule has 4 fully saturated rings. The number of sulfonamides is 1. The topological polar surface area (TPSA) is 426 Å². The molecule has 5 aromatic heterocycles. The van der Waals surface area contributed by atoms with E-state index in [2.05, 4.69) is 70.4 Å². The Labute approximate surface area is 715 Å². The van der Waals surface area contributed by atoms with Gasteiger partial charge in [-0.25, -0.2) is 8.42 Å². The number of carbonyl (C=O) groups is 8. The molecule has 0 aliphatic carbocycles. The van der Waals surface area contributed by atoms with E-state index in [4.69, 9.17) is 76.7 Å². The van der Waals surface area contributed by atoms with Crippen molar-refractivity contribution in [1.82, 2.24) is 68.5 Å². The van der Waals surface area contributed by atoms with E-state index in [1.807, 2.05) is 10.9 Å². The van der Waals surface area contributed by atoms with Crippen LogP contribution in [-0.4, -0.2) is 210 Å². The van der Waals surface area contributed by atoms with Crippen molar-refractivity contribution in [3.05, 3.63) is 204 Å². The Morgan fingerprint density at radius 2 is 0.893 bits per heavy atom. The highest BCUT2D eigenvalue weighted by atomic mass is 35.5. The standard InChI is InChI=1S/C25H24Cl2N4O4.C21H25ClN4O4.C19H26N6O2.C19H23N5O4S/c1-3-23(32)30-10-4-5-16(13-30)31-14-18(25(28)33)24(29-31)15-6-9-21(22(11-15)34-2)35-17-7-8-19(26)20(27)12-17;1-3-19(27)25-8-4-5-15(12-25)26-13-16(21(23)28)20(24-26)14-6-7-17(22)18(11-14)30-10-9-29-2;1-4-17(26)23-7-5-6-15(11-23)25-12-16(19(20)27)18(22-25)14-8-21-24(10-14)9-13(2)3;1-3-17(25)23-9-5-8-15(11-23)24-12-16(19(20)26)18(21-24)13-6-4-7-14(10-13)22-29(2,27)28/h3,6-9,11-12,14,16H,1,4-5,10,13H2,2H3,(H2,28,33);3,6-7,11,13,15H,1,4-5,8-10,12H2,2H3,(H2,23,28);4,8,10,12-13,15H,1,5-7,9,11H2,2-3H3,(H2,20,27);3-4,6-7,10,12,15,22H,1,5,8-9,11H2,2H3,(H2,20,26)/t16-;3*15-/m1111/s1. The Kier molecular flexibility index (Phi) is 31.2. The van der Waals surface area contributed by atoms with Crippen LogP contribution in [-0.2, 0) is 40.5 Å². The molecule has 9 aromatic rings. The summed E-state index contributed by atoms with van der Waals surface area (Å²) in [5.41, 5.74) is 28.3. The minimum Gasteiger partial charge on any atom is -0.493 e. The zero-order chi connectivity index (χ0) is 87.5. The smallest absolute Gasteiger partial charge is 0.252 e. The van der Waals surface area contributed by atoms with Gasteiger partial charge in [0.2, 0.25) is 33.7 Å². The molecule has 4 saturated heterocycles. The van der Waals surface area contributed by atoms with Crippen LogP contribution in [0.4, 0.5) is 5.69 Å². The average molecular weight is 1740 g/mol. The minimum atomic E-state index is -3.44. The number of nitrogens with two attached hydrogens (primary N) is 4. The lowest BCUT2D eigenvalue weighted by Gasteiger charge is -2.32. The number of aromatic nitrogens is 10. The fourth-order valence-corrected chi connectivity index (χ4v) is 15.4. The van der Waals surface area contributed by atoms with Gasteiger partial charge in [-0.15, -0.1) is 0 Å². The lowest BCUT2D eigenvalue weighted by atomic mass is 10.1. The molecule has 0 unspecified atom stereocenters. The molecule has 8 amide bonds. The summed E-state index contributed by atoms with van der Waals surface area (Å²) in [6, 6.07) is 21.7. The van der Waals surface area contributed by atoms with Gasteiger partial charge in [0, 0.05) is 131 Å². The van der Waals surface area contributed by atoms with Crippen LogP contribution in [0.3, 0.4) is 0 Å². The summed E-state index contributed by atoms with van der Waals surface area (Å²) in [5.74, 6) is -0.517. The number of methoxy groups -OCH3 is 2. The summed E-state index contributed by atoms with van der Waals surface area (Å²) < 4.78 is 56.2. The molecule has 0 spiro atoms. The highest BCUT2D eigenvalue weighted by Gasteiger charge is 2.33. The number of hydrogen-bond acceptors (Lipinski definition) is 19. The van der Waals surface area contributed by atoms with Gasteiger partial charge in [-0.1, -0.05) is 93.2 Å². The van der Waals surface area contributed by atoms with Crippen LogP contribution in [0.5, 0.6) is 23.0 Å². The summed E-state index contributed by atoms with van der Waals surface area (Å²) in [4.78, 5) is 103. The molecule has 4 aliphatic rings. The molecule has 9 heterocycles. The van der Waals surface area contributed by atoms with E-state index < -0.39 is 33.7 Å². The maximum Gasteiger partial charge on any atom is 0.252 e. The molecule has 33 nitrogen and oxygen atoms in total. The van der Waals surface area contributed by atoms with Gasteiger partial charge in [-0.3, -0.25) is 66.5 Å². The highest BCUT2D eigenvalue weighted by Crippen LogP contribution is 2.40. The van der Waals surface area contributed by atoms with Gasteiger partial charge in [0.25, 0.3) is 23.6 Å². The van der Waals surface area contributed by atoms with Gasteiger partial charge in [0.1, 0.15) is 40.9 Å². The van der Waals surface area contributed by atoms with Crippen LogP contribution in [0.15, 0.2) is 167 Å². The Morgan fingerprint density at radius 3 is 1.27 bits per heavy atom. The first kappa shape index (κ1) is 90.9. The number of ether oxygens (including phenoxy) is 4. The summed E-state index contributed by atoms with van der Waals surface area (Å²) in [7, 11) is -0.343. The fraction of sp³-hybridized carbons (Fsp3) is 0.345. The number of nitrogens with one attached hydrogen (secondary N) is 1. The van der Waals surface area contributed by atoms with Crippen LogP contribution in [0, 0.1) is 5.92 Å². The summed E-state index contributed by atoms with van der Waals surface area (Å²) >= 11 is 18.3. The molecule has 0 radical (unpaired) electrons. The van der Waals surface area contributed by atoms with E-state index in [1.54, 1.807) is 155 Å². The summed E-state index contributed by atoms with van der Waals surface area (Å²) in [6.07, 6.45) is 23.1. The van der Waals surface area contributed by atoms with E-state index >= 15 is 0 Å². The number of hydrogen-bond donors (Lipinski definition) is 5.